The van der Waals surface area contributed by atoms with Gasteiger partial charge in [0.15, 0.2) is 5.79 Å². The van der Waals surface area contributed by atoms with Crippen LogP contribution in [0.2, 0.25) is 0 Å². The second kappa shape index (κ2) is 5.92. The number of nitrogens with zero attached hydrogens (tertiary/aromatic N) is 1. The van der Waals surface area contributed by atoms with Crippen LogP contribution in [0.5, 0.6) is 0 Å². The van der Waals surface area contributed by atoms with Gasteiger partial charge in [-0.25, -0.2) is 4.98 Å². The van der Waals surface area contributed by atoms with Crippen LogP contribution in [0.25, 0.3) is 22.0 Å². The highest BCUT2D eigenvalue weighted by Gasteiger charge is 2.45. The zero-order valence-electron chi connectivity index (χ0n) is 13.6. The van der Waals surface area contributed by atoms with E-state index < -0.39 is 5.79 Å². The van der Waals surface area contributed by atoms with Gasteiger partial charge in [-0.2, -0.15) is 0 Å². The van der Waals surface area contributed by atoms with Crippen molar-refractivity contribution in [2.75, 3.05) is 19.8 Å². The van der Waals surface area contributed by atoms with Crippen molar-refractivity contribution in [2.45, 2.75) is 18.2 Å². The summed E-state index contributed by atoms with van der Waals surface area (Å²) in [4.78, 5) is 8.05. The molecule has 128 valence electrons. The number of aromatic nitrogens is 2. The van der Waals surface area contributed by atoms with Gasteiger partial charge in [-0.15, -0.1) is 0 Å². The van der Waals surface area contributed by atoms with Crippen molar-refractivity contribution >= 4 is 26.7 Å². The summed E-state index contributed by atoms with van der Waals surface area (Å²) in [6, 6.07) is 12.9. The lowest BCUT2D eigenvalue weighted by atomic mass is 10.1. The maximum atomic E-state index is 5.77. The number of ether oxygens (including phenoxy) is 2. The van der Waals surface area contributed by atoms with Crippen molar-refractivity contribution in [3.63, 3.8) is 0 Å². The van der Waals surface area contributed by atoms with Crippen LogP contribution < -0.4 is 5.32 Å². The second-order valence-electron chi connectivity index (χ2n) is 6.63. The normalized spacial score (nSPS) is 22.2. The highest BCUT2D eigenvalue weighted by atomic mass is 79.9. The van der Waals surface area contributed by atoms with Crippen molar-refractivity contribution < 1.29 is 9.47 Å². The van der Waals surface area contributed by atoms with Crippen LogP contribution in [0.4, 0.5) is 0 Å². The molecule has 1 unspecified atom stereocenters. The number of fused-ring (bicyclic) bond motifs is 1. The van der Waals surface area contributed by atoms with Gasteiger partial charge in [0.2, 0.25) is 0 Å². The molecular weight excluding hydrogens is 382 g/mol. The molecule has 2 fully saturated rings. The Morgan fingerprint density at radius 1 is 1.08 bits per heavy atom. The lowest BCUT2D eigenvalue weighted by Crippen LogP contribution is -2.32. The molecule has 2 saturated heterocycles. The van der Waals surface area contributed by atoms with E-state index in [-0.39, 0.29) is 6.04 Å². The summed E-state index contributed by atoms with van der Waals surface area (Å²) in [5.41, 5.74) is 2.16. The standard InChI is InChI=1S/C19H18BrN3O2/c20-15-4-3-12-7-14(2-1-13(12)8-15)17-10-21-18(23-17)16-9-19(11-22-16)24-5-6-25-19/h1-4,7-8,10,16,22H,5-6,9,11H2,(H,21,23). The Morgan fingerprint density at radius 3 is 2.76 bits per heavy atom. The van der Waals surface area contributed by atoms with Gasteiger partial charge in [-0.3, -0.25) is 0 Å². The Morgan fingerprint density at radius 2 is 1.88 bits per heavy atom. The first kappa shape index (κ1) is 15.5. The SMILES string of the molecule is Brc1ccc2cc(-c3cnc(C4CC5(CN4)OCCO5)[nH]3)ccc2c1. The van der Waals surface area contributed by atoms with Gasteiger partial charge in [0, 0.05) is 16.5 Å². The number of rotatable bonds is 2. The molecule has 1 atom stereocenters. The molecule has 5 nitrogen and oxygen atoms in total. The minimum atomic E-state index is -0.464. The maximum Gasteiger partial charge on any atom is 0.182 e. The molecule has 0 radical (unpaired) electrons. The van der Waals surface area contributed by atoms with Crippen molar-refractivity contribution in [3.8, 4) is 11.3 Å². The Kier molecular flexibility index (Phi) is 3.67. The molecule has 25 heavy (non-hydrogen) atoms. The average molecular weight is 400 g/mol. The van der Waals surface area contributed by atoms with Crippen LogP contribution in [0, 0.1) is 0 Å². The first-order chi connectivity index (χ1) is 12.2. The molecule has 5 rings (SSSR count). The molecule has 0 saturated carbocycles. The Bertz CT molecular complexity index is 933. The number of halogens is 1. The molecule has 2 N–H and O–H groups in total. The van der Waals surface area contributed by atoms with E-state index in [0.29, 0.717) is 19.8 Å². The summed E-state index contributed by atoms with van der Waals surface area (Å²) in [5, 5.41) is 5.88. The Balaban J connectivity index is 1.42. The molecule has 0 bridgehead atoms. The Hall–Kier alpha value is -1.73. The molecule has 0 amide bonds. The van der Waals surface area contributed by atoms with Crippen molar-refractivity contribution in [1.29, 1.82) is 0 Å². The number of imidazole rings is 1. The van der Waals surface area contributed by atoms with E-state index in [0.717, 1.165) is 28.0 Å². The van der Waals surface area contributed by atoms with Gasteiger partial charge in [-0.1, -0.05) is 34.1 Å². The van der Waals surface area contributed by atoms with Crippen LogP contribution in [-0.2, 0) is 9.47 Å². The third-order valence-electron chi connectivity index (χ3n) is 4.99. The number of aromatic amines is 1. The zero-order chi connectivity index (χ0) is 16.9. The van der Waals surface area contributed by atoms with Crippen LogP contribution in [0.15, 0.2) is 47.1 Å². The van der Waals surface area contributed by atoms with Crippen LogP contribution in [-0.4, -0.2) is 35.5 Å². The molecule has 1 spiro atoms. The van der Waals surface area contributed by atoms with Gasteiger partial charge >= 0.3 is 0 Å². The molecule has 3 heterocycles. The van der Waals surface area contributed by atoms with E-state index in [1.807, 2.05) is 6.20 Å². The second-order valence-corrected chi connectivity index (χ2v) is 7.55. The Labute approximate surface area is 153 Å². The quantitative estimate of drug-likeness (QED) is 0.688. The largest absolute Gasteiger partial charge is 0.346 e. The smallest absolute Gasteiger partial charge is 0.182 e. The fourth-order valence-electron chi connectivity index (χ4n) is 3.69. The minimum Gasteiger partial charge on any atom is -0.346 e. The van der Waals surface area contributed by atoms with E-state index in [4.69, 9.17) is 9.47 Å². The van der Waals surface area contributed by atoms with Crippen LogP contribution in [0.3, 0.4) is 0 Å². The van der Waals surface area contributed by atoms with Crippen molar-refractivity contribution in [2.24, 2.45) is 0 Å². The molecule has 2 aliphatic rings. The average Bonchev–Trinajstić information content (AvgIpc) is 3.36. The molecule has 2 aliphatic heterocycles. The molecule has 1 aromatic heterocycles. The summed E-state index contributed by atoms with van der Waals surface area (Å²) < 4.78 is 12.6. The topological polar surface area (TPSA) is 59.2 Å². The number of nitrogens with one attached hydrogen (secondary N) is 2. The summed E-state index contributed by atoms with van der Waals surface area (Å²) >= 11 is 3.52. The highest BCUT2D eigenvalue weighted by Crippen LogP contribution is 2.36. The molecule has 3 aromatic rings. The minimum absolute atomic E-state index is 0.128. The lowest BCUT2D eigenvalue weighted by Gasteiger charge is -2.19. The summed E-state index contributed by atoms with van der Waals surface area (Å²) in [7, 11) is 0. The van der Waals surface area contributed by atoms with E-state index in [9.17, 15) is 0 Å². The van der Waals surface area contributed by atoms with E-state index in [1.54, 1.807) is 0 Å². The van der Waals surface area contributed by atoms with Crippen molar-refractivity contribution in [3.05, 3.63) is 52.9 Å². The zero-order valence-corrected chi connectivity index (χ0v) is 15.2. The number of hydrogen-bond acceptors (Lipinski definition) is 4. The first-order valence-corrected chi connectivity index (χ1v) is 9.26. The fourth-order valence-corrected chi connectivity index (χ4v) is 4.07. The summed E-state index contributed by atoms with van der Waals surface area (Å²) in [6.45, 7) is 2.05. The van der Waals surface area contributed by atoms with Gasteiger partial charge in [0.1, 0.15) is 5.82 Å². The van der Waals surface area contributed by atoms with E-state index in [2.05, 4.69) is 67.6 Å². The third-order valence-corrected chi connectivity index (χ3v) is 5.48. The number of H-pyrrole nitrogens is 1. The van der Waals surface area contributed by atoms with E-state index in [1.165, 1.54) is 10.8 Å². The molecule has 6 heteroatoms. The van der Waals surface area contributed by atoms with Crippen molar-refractivity contribution in [1.82, 2.24) is 15.3 Å². The van der Waals surface area contributed by atoms with E-state index >= 15 is 0 Å². The van der Waals surface area contributed by atoms with Crippen LogP contribution in [0.1, 0.15) is 18.3 Å². The maximum absolute atomic E-state index is 5.77. The van der Waals surface area contributed by atoms with Crippen LogP contribution >= 0.6 is 15.9 Å². The monoisotopic (exact) mass is 399 g/mol. The summed E-state index contributed by atoms with van der Waals surface area (Å²) in [5.74, 6) is 0.468. The lowest BCUT2D eigenvalue weighted by molar-refractivity contribution is -0.141. The predicted molar refractivity (Wildman–Crippen MR) is 99.2 cm³/mol. The van der Waals surface area contributed by atoms with Gasteiger partial charge in [-0.05, 0) is 29.0 Å². The molecule has 2 aromatic carbocycles. The van der Waals surface area contributed by atoms with Gasteiger partial charge < -0.3 is 19.8 Å². The summed E-state index contributed by atoms with van der Waals surface area (Å²) in [6.07, 6.45) is 2.68. The van der Waals surface area contributed by atoms with Gasteiger partial charge in [0.05, 0.1) is 37.7 Å². The predicted octanol–water partition coefficient (Wildman–Crippen LogP) is 3.77. The fraction of sp³-hybridized carbons (Fsp3) is 0.316. The number of benzene rings is 2. The highest BCUT2D eigenvalue weighted by molar-refractivity contribution is 9.10. The number of hydrogen-bond donors (Lipinski definition) is 2. The van der Waals surface area contributed by atoms with Gasteiger partial charge in [0.25, 0.3) is 0 Å². The molecule has 0 aliphatic carbocycles. The third kappa shape index (κ3) is 2.79. The first-order valence-electron chi connectivity index (χ1n) is 8.47. The molecular formula is C19H18BrN3O2.